The van der Waals surface area contributed by atoms with Crippen LogP contribution < -0.4 is 0 Å². The van der Waals surface area contributed by atoms with Crippen LogP contribution in [0.4, 0.5) is 0 Å². The minimum Gasteiger partial charge on any atom is -0.298 e. The van der Waals surface area contributed by atoms with Crippen molar-refractivity contribution in [2.24, 2.45) is 16.2 Å². The molecule has 1 aromatic rings. The van der Waals surface area contributed by atoms with Crippen LogP contribution in [0.1, 0.15) is 57.8 Å². The number of Topliss-reactive ketones (excluding diaryl/α,β-unsaturated/α-hetero) is 1. The molecule has 0 aromatic carbocycles. The lowest BCUT2D eigenvalue weighted by Crippen LogP contribution is -2.65. The first-order chi connectivity index (χ1) is 8.80. The van der Waals surface area contributed by atoms with Gasteiger partial charge >= 0.3 is 0 Å². The van der Waals surface area contributed by atoms with E-state index in [2.05, 4.69) is 38.3 Å². The van der Waals surface area contributed by atoms with E-state index in [0.29, 0.717) is 11.2 Å². The smallest absolute Gasteiger partial charge is 0.144 e. The third kappa shape index (κ3) is 1.39. The van der Waals surface area contributed by atoms with Gasteiger partial charge in [-0.15, -0.1) is 11.3 Å². The van der Waals surface area contributed by atoms with Crippen molar-refractivity contribution >= 4 is 17.1 Å². The molecule has 1 heterocycles. The molecule has 2 unspecified atom stereocenters. The number of ketones is 1. The van der Waals surface area contributed by atoms with Crippen LogP contribution in [0.25, 0.3) is 0 Å². The van der Waals surface area contributed by atoms with Crippen molar-refractivity contribution in [1.29, 1.82) is 0 Å². The second-order valence-corrected chi connectivity index (χ2v) is 9.35. The molecule has 4 saturated carbocycles. The van der Waals surface area contributed by atoms with Crippen LogP contribution in [-0.4, -0.2) is 5.78 Å². The van der Waals surface area contributed by atoms with Gasteiger partial charge in [-0.2, -0.15) is 0 Å². The zero-order valence-electron chi connectivity index (χ0n) is 12.1. The van der Waals surface area contributed by atoms with Crippen molar-refractivity contribution in [1.82, 2.24) is 0 Å². The molecular formula is C17H22OS. The summed E-state index contributed by atoms with van der Waals surface area (Å²) >= 11 is 1.90. The van der Waals surface area contributed by atoms with Crippen LogP contribution in [0.15, 0.2) is 17.5 Å². The van der Waals surface area contributed by atoms with Crippen molar-refractivity contribution in [3.8, 4) is 0 Å². The fourth-order valence-electron chi connectivity index (χ4n) is 6.59. The summed E-state index contributed by atoms with van der Waals surface area (Å²) in [5.41, 5.74) is 0.527. The Morgan fingerprint density at radius 1 is 1.00 bits per heavy atom. The van der Waals surface area contributed by atoms with Crippen LogP contribution in [0.2, 0.25) is 0 Å². The first-order valence-corrected chi connectivity index (χ1v) is 8.26. The molecule has 4 bridgehead atoms. The maximum atomic E-state index is 12.9. The Morgan fingerprint density at radius 2 is 1.63 bits per heavy atom. The molecule has 19 heavy (non-hydrogen) atoms. The van der Waals surface area contributed by atoms with Gasteiger partial charge in [-0.25, -0.2) is 0 Å². The molecular weight excluding hydrogens is 252 g/mol. The van der Waals surface area contributed by atoms with E-state index >= 15 is 0 Å². The molecule has 2 heteroatoms. The van der Waals surface area contributed by atoms with Gasteiger partial charge < -0.3 is 0 Å². The van der Waals surface area contributed by atoms with Crippen molar-refractivity contribution in [2.45, 2.75) is 58.3 Å². The Kier molecular flexibility index (Phi) is 2.02. The SMILES string of the molecule is CC12CC3(c4cccs4)C[C@](C)(C1)C(=O)[C@](C)(C2)C3. The zero-order chi connectivity index (χ0) is 13.5. The highest BCUT2D eigenvalue weighted by Crippen LogP contribution is 2.72. The zero-order valence-corrected chi connectivity index (χ0v) is 12.9. The number of hydrogen-bond donors (Lipinski definition) is 0. The van der Waals surface area contributed by atoms with Crippen molar-refractivity contribution < 1.29 is 4.79 Å². The van der Waals surface area contributed by atoms with Gasteiger partial charge in [-0.1, -0.05) is 26.8 Å². The van der Waals surface area contributed by atoms with E-state index in [4.69, 9.17) is 0 Å². The first kappa shape index (κ1) is 12.1. The summed E-state index contributed by atoms with van der Waals surface area (Å²) in [5.74, 6) is 0.560. The van der Waals surface area contributed by atoms with Gasteiger partial charge in [0, 0.05) is 21.1 Å². The average Bonchev–Trinajstić information content (AvgIpc) is 2.76. The monoisotopic (exact) mass is 274 g/mol. The maximum absolute atomic E-state index is 12.9. The highest BCUT2D eigenvalue weighted by atomic mass is 32.1. The normalized spacial score (nSPS) is 51.8. The van der Waals surface area contributed by atoms with Gasteiger partial charge in [-0.3, -0.25) is 4.79 Å². The average molecular weight is 274 g/mol. The molecule has 0 N–H and O–H groups in total. The molecule has 0 spiro atoms. The Labute approximate surface area is 119 Å². The van der Waals surface area contributed by atoms with Crippen LogP contribution >= 0.6 is 11.3 Å². The first-order valence-electron chi connectivity index (χ1n) is 7.38. The molecule has 0 aliphatic heterocycles. The molecule has 0 saturated heterocycles. The third-order valence-electron chi connectivity index (χ3n) is 6.00. The van der Waals surface area contributed by atoms with Crippen LogP contribution in [0.3, 0.4) is 0 Å². The van der Waals surface area contributed by atoms with E-state index in [9.17, 15) is 4.79 Å². The van der Waals surface area contributed by atoms with E-state index in [1.54, 1.807) is 0 Å². The number of carbonyl (C=O) groups excluding carboxylic acids is 1. The highest BCUT2D eigenvalue weighted by molar-refractivity contribution is 7.10. The molecule has 1 aromatic heterocycles. The van der Waals surface area contributed by atoms with Gasteiger partial charge in [0.1, 0.15) is 5.78 Å². The van der Waals surface area contributed by atoms with Gasteiger partial charge in [0.15, 0.2) is 0 Å². The minimum atomic E-state index is -0.0672. The van der Waals surface area contributed by atoms with E-state index in [0.717, 1.165) is 25.7 Å². The maximum Gasteiger partial charge on any atom is 0.144 e. The summed E-state index contributed by atoms with van der Waals surface area (Å²) in [4.78, 5) is 14.4. The fraction of sp³-hybridized carbons (Fsp3) is 0.706. The Balaban J connectivity index is 1.91. The number of hydrogen-bond acceptors (Lipinski definition) is 2. The molecule has 1 nitrogen and oxygen atoms in total. The topological polar surface area (TPSA) is 17.1 Å². The number of thiophene rings is 1. The largest absolute Gasteiger partial charge is 0.298 e. The predicted octanol–water partition coefficient (Wildman–Crippen LogP) is 4.57. The molecule has 102 valence electrons. The molecule has 4 atom stereocenters. The van der Waals surface area contributed by atoms with Crippen LogP contribution in [0, 0.1) is 16.2 Å². The Hall–Kier alpha value is -0.630. The van der Waals surface area contributed by atoms with Gasteiger partial charge in [0.2, 0.25) is 0 Å². The van der Waals surface area contributed by atoms with E-state index in [1.807, 2.05) is 11.3 Å². The Morgan fingerprint density at radius 3 is 2.16 bits per heavy atom. The van der Waals surface area contributed by atoms with E-state index in [1.165, 1.54) is 11.3 Å². The summed E-state index contributed by atoms with van der Waals surface area (Å²) in [6.07, 6.45) is 5.69. The minimum absolute atomic E-state index is 0.0672. The summed E-state index contributed by atoms with van der Waals surface area (Å²) in [7, 11) is 0. The second-order valence-electron chi connectivity index (χ2n) is 8.40. The molecule has 0 radical (unpaired) electrons. The quantitative estimate of drug-likeness (QED) is 0.733. The highest BCUT2D eigenvalue weighted by Gasteiger charge is 2.68. The van der Waals surface area contributed by atoms with Gasteiger partial charge in [-0.05, 0) is 49.0 Å². The summed E-state index contributed by atoms with van der Waals surface area (Å²) in [6, 6.07) is 4.48. The summed E-state index contributed by atoms with van der Waals surface area (Å²) in [5, 5.41) is 2.20. The molecule has 5 rings (SSSR count). The second kappa shape index (κ2) is 3.16. The van der Waals surface area contributed by atoms with Gasteiger partial charge in [0.25, 0.3) is 0 Å². The standard InChI is InChI=1S/C17H22OS/c1-14-7-15(2)10-17(9-14,12-5-4-6-19-12)11-16(3,8-14)13(15)18/h4-6H,7-11H2,1-3H3/t14?,15-,16+,17?. The number of rotatable bonds is 1. The predicted molar refractivity (Wildman–Crippen MR) is 78.4 cm³/mol. The number of carbonyl (C=O) groups is 1. The van der Waals surface area contributed by atoms with Crippen molar-refractivity contribution in [2.75, 3.05) is 0 Å². The summed E-state index contributed by atoms with van der Waals surface area (Å²) < 4.78 is 0. The van der Waals surface area contributed by atoms with E-state index in [-0.39, 0.29) is 16.2 Å². The van der Waals surface area contributed by atoms with Crippen LogP contribution in [-0.2, 0) is 10.2 Å². The fourth-order valence-corrected chi connectivity index (χ4v) is 7.51. The lowest BCUT2D eigenvalue weighted by atomic mass is 9.36. The van der Waals surface area contributed by atoms with E-state index < -0.39 is 0 Å². The lowest BCUT2D eigenvalue weighted by molar-refractivity contribution is -0.178. The molecule has 4 aliphatic rings. The molecule has 4 aliphatic carbocycles. The van der Waals surface area contributed by atoms with Gasteiger partial charge in [0.05, 0.1) is 0 Å². The molecule has 4 fully saturated rings. The Bertz CT molecular complexity index is 534. The summed E-state index contributed by atoms with van der Waals surface area (Å²) in [6.45, 7) is 6.91. The van der Waals surface area contributed by atoms with Crippen molar-refractivity contribution in [3.63, 3.8) is 0 Å². The van der Waals surface area contributed by atoms with Crippen LogP contribution in [0.5, 0.6) is 0 Å². The lowest BCUT2D eigenvalue weighted by Gasteiger charge is -2.67. The van der Waals surface area contributed by atoms with Crippen molar-refractivity contribution in [3.05, 3.63) is 22.4 Å². The third-order valence-corrected chi connectivity index (χ3v) is 7.11. The molecule has 0 amide bonds.